The first-order chi connectivity index (χ1) is 15.5. The van der Waals surface area contributed by atoms with Crippen LogP contribution in [0.15, 0.2) is 42.5 Å². The summed E-state index contributed by atoms with van der Waals surface area (Å²) in [5.41, 5.74) is 3.14. The van der Waals surface area contributed by atoms with Crippen molar-refractivity contribution in [3.05, 3.63) is 58.4 Å². The summed E-state index contributed by atoms with van der Waals surface area (Å²) in [6.07, 6.45) is 2.22. The van der Waals surface area contributed by atoms with E-state index in [0.717, 1.165) is 53.4 Å². The molecule has 0 spiro atoms. The number of nitrogens with zero attached hydrogens (tertiary/aromatic N) is 3. The van der Waals surface area contributed by atoms with Crippen LogP contribution in [0.25, 0.3) is 11.4 Å². The van der Waals surface area contributed by atoms with E-state index in [2.05, 4.69) is 16.3 Å². The van der Waals surface area contributed by atoms with Gasteiger partial charge in [-0.2, -0.15) is 5.10 Å². The monoisotopic (exact) mass is 452 g/mol. The summed E-state index contributed by atoms with van der Waals surface area (Å²) in [6.45, 7) is 3.25. The van der Waals surface area contributed by atoms with E-state index in [9.17, 15) is 4.79 Å². The van der Waals surface area contributed by atoms with Crippen molar-refractivity contribution >= 4 is 18.1 Å². The van der Waals surface area contributed by atoms with E-state index in [1.807, 2.05) is 52.8 Å². The molecular formula is C24H28N4O3S. The molecule has 2 heterocycles. The lowest BCUT2D eigenvalue weighted by molar-refractivity contribution is -0.132. The molecule has 1 unspecified atom stereocenters. The third-order valence-electron chi connectivity index (χ3n) is 5.96. The summed E-state index contributed by atoms with van der Waals surface area (Å²) in [7, 11) is 3.28. The largest absolute Gasteiger partial charge is 0.497 e. The molecular weight excluding hydrogens is 424 g/mol. The fourth-order valence-corrected chi connectivity index (χ4v) is 4.59. The molecule has 7 nitrogen and oxygen atoms in total. The number of ether oxygens (including phenoxy) is 2. The number of benzene rings is 2. The van der Waals surface area contributed by atoms with Crippen LogP contribution in [0, 0.1) is 11.7 Å². The smallest absolute Gasteiger partial charge is 0.224 e. The van der Waals surface area contributed by atoms with Gasteiger partial charge in [0.25, 0.3) is 0 Å². The molecule has 3 aromatic rings. The van der Waals surface area contributed by atoms with Crippen LogP contribution in [0.2, 0.25) is 0 Å². The highest BCUT2D eigenvalue weighted by molar-refractivity contribution is 7.71. The van der Waals surface area contributed by atoms with Gasteiger partial charge in [0.15, 0.2) is 10.6 Å². The van der Waals surface area contributed by atoms with Crippen LogP contribution in [0.1, 0.15) is 36.4 Å². The first-order valence-electron chi connectivity index (χ1n) is 10.8. The second-order valence-electron chi connectivity index (χ2n) is 7.98. The first kappa shape index (κ1) is 22.1. The number of methoxy groups -OCH3 is 2. The number of H-pyrrole nitrogens is 1. The second kappa shape index (κ2) is 9.56. The highest BCUT2D eigenvalue weighted by atomic mass is 32.1. The predicted molar refractivity (Wildman–Crippen MR) is 125 cm³/mol. The van der Waals surface area contributed by atoms with Gasteiger partial charge < -0.3 is 14.4 Å². The topological polar surface area (TPSA) is 72.4 Å². The molecule has 1 aliphatic rings. The maximum absolute atomic E-state index is 13.2. The number of amides is 1. The maximum Gasteiger partial charge on any atom is 0.224 e. The Kier molecular flexibility index (Phi) is 6.60. The van der Waals surface area contributed by atoms with E-state index < -0.39 is 0 Å². The molecule has 8 heteroatoms. The van der Waals surface area contributed by atoms with E-state index in [-0.39, 0.29) is 11.9 Å². The fraction of sp³-hybridized carbons (Fsp3) is 0.375. The summed E-state index contributed by atoms with van der Waals surface area (Å²) in [5.74, 6) is 2.33. The molecule has 1 saturated heterocycles. The predicted octanol–water partition coefficient (Wildman–Crippen LogP) is 4.69. The van der Waals surface area contributed by atoms with Crippen molar-refractivity contribution in [2.45, 2.75) is 38.8 Å². The van der Waals surface area contributed by atoms with E-state index in [1.165, 1.54) is 0 Å². The Morgan fingerprint density at radius 2 is 2.06 bits per heavy atom. The molecule has 1 N–H and O–H groups in total. The van der Waals surface area contributed by atoms with Crippen molar-refractivity contribution in [3.63, 3.8) is 0 Å². The van der Waals surface area contributed by atoms with Crippen LogP contribution >= 0.6 is 12.2 Å². The van der Waals surface area contributed by atoms with Gasteiger partial charge >= 0.3 is 0 Å². The minimum atomic E-state index is -0.00285. The van der Waals surface area contributed by atoms with Gasteiger partial charge in [-0.05, 0) is 50.2 Å². The Morgan fingerprint density at radius 1 is 1.22 bits per heavy atom. The summed E-state index contributed by atoms with van der Waals surface area (Å²) >= 11 is 5.44. The van der Waals surface area contributed by atoms with Gasteiger partial charge in [0, 0.05) is 36.7 Å². The lowest BCUT2D eigenvalue weighted by Gasteiger charge is -2.27. The molecule has 168 valence electrons. The molecule has 4 rings (SSSR count). The average molecular weight is 453 g/mol. The Morgan fingerprint density at radius 3 is 2.81 bits per heavy atom. The number of aromatic nitrogens is 3. The number of aryl methyl sites for hydroxylation is 1. The van der Waals surface area contributed by atoms with Gasteiger partial charge in [-0.25, -0.2) is 0 Å². The molecule has 1 amide bonds. The number of carbonyl (C=O) groups is 1. The van der Waals surface area contributed by atoms with Crippen molar-refractivity contribution in [1.29, 1.82) is 0 Å². The van der Waals surface area contributed by atoms with Gasteiger partial charge in [0.2, 0.25) is 5.91 Å². The highest BCUT2D eigenvalue weighted by Gasteiger charge is 2.31. The number of likely N-dealkylation sites (tertiary alicyclic amines) is 1. The van der Waals surface area contributed by atoms with Crippen LogP contribution in [0.5, 0.6) is 11.5 Å². The number of hydrogen-bond donors (Lipinski definition) is 1. The molecule has 2 aromatic carbocycles. The summed E-state index contributed by atoms with van der Waals surface area (Å²) in [6, 6.07) is 13.9. The zero-order valence-electron chi connectivity index (χ0n) is 18.6. The van der Waals surface area contributed by atoms with Gasteiger partial charge in [-0.3, -0.25) is 14.5 Å². The molecule has 32 heavy (non-hydrogen) atoms. The van der Waals surface area contributed by atoms with E-state index in [1.54, 1.807) is 14.2 Å². The Hall–Kier alpha value is -3.13. The van der Waals surface area contributed by atoms with Crippen LogP contribution in [0.3, 0.4) is 0 Å². The SMILES string of the molecule is COc1ccc(C2CCCN2C(=O)CCn2c(-c3cccc(C)c3)n[nH]c2=S)c(OC)c1. The van der Waals surface area contributed by atoms with Crippen LogP contribution in [0.4, 0.5) is 0 Å². The highest BCUT2D eigenvalue weighted by Crippen LogP contribution is 2.39. The zero-order valence-corrected chi connectivity index (χ0v) is 19.4. The zero-order chi connectivity index (χ0) is 22.7. The van der Waals surface area contributed by atoms with Crippen LogP contribution in [-0.2, 0) is 11.3 Å². The Labute approximate surface area is 193 Å². The van der Waals surface area contributed by atoms with Gasteiger partial charge in [-0.1, -0.05) is 23.8 Å². The van der Waals surface area contributed by atoms with Crippen molar-refractivity contribution in [1.82, 2.24) is 19.7 Å². The normalized spacial score (nSPS) is 15.7. The van der Waals surface area contributed by atoms with Gasteiger partial charge in [0.05, 0.1) is 20.3 Å². The number of carbonyl (C=O) groups excluding carboxylic acids is 1. The van der Waals surface area contributed by atoms with Gasteiger partial charge in [0.1, 0.15) is 11.5 Å². The standard InChI is InChI=1S/C24H28N4O3S/c1-16-6-4-7-17(14-16)23-25-26-24(32)28(23)13-11-22(29)27-12-5-8-20(27)19-10-9-18(30-2)15-21(19)31-3/h4,6-7,9-10,14-15,20H,5,8,11-13H2,1-3H3,(H,26,32). The average Bonchev–Trinajstić information content (AvgIpc) is 3.44. The maximum atomic E-state index is 13.2. The van der Waals surface area contributed by atoms with Gasteiger partial charge in [-0.15, -0.1) is 0 Å². The van der Waals surface area contributed by atoms with Crippen molar-refractivity contribution in [3.8, 4) is 22.9 Å². The number of aromatic amines is 1. The van der Waals surface area contributed by atoms with Crippen LogP contribution in [-0.4, -0.2) is 46.3 Å². The quantitative estimate of drug-likeness (QED) is 0.527. The second-order valence-corrected chi connectivity index (χ2v) is 8.36. The number of nitrogens with one attached hydrogen (secondary N) is 1. The summed E-state index contributed by atoms with van der Waals surface area (Å²) < 4.78 is 13.3. The minimum Gasteiger partial charge on any atom is -0.497 e. The Bertz CT molecular complexity index is 1170. The molecule has 1 atom stereocenters. The van der Waals surface area contributed by atoms with Crippen molar-refractivity contribution < 1.29 is 14.3 Å². The number of rotatable bonds is 7. The van der Waals surface area contributed by atoms with Crippen LogP contribution < -0.4 is 9.47 Å². The number of hydrogen-bond acceptors (Lipinski definition) is 5. The molecule has 0 aliphatic carbocycles. The lowest BCUT2D eigenvalue weighted by Crippen LogP contribution is -2.31. The third-order valence-corrected chi connectivity index (χ3v) is 6.27. The molecule has 1 fully saturated rings. The minimum absolute atomic E-state index is 0.00285. The summed E-state index contributed by atoms with van der Waals surface area (Å²) in [4.78, 5) is 15.2. The summed E-state index contributed by atoms with van der Waals surface area (Å²) in [5, 5.41) is 7.27. The molecule has 1 aromatic heterocycles. The molecule has 0 saturated carbocycles. The first-order valence-corrected chi connectivity index (χ1v) is 11.2. The fourth-order valence-electron chi connectivity index (χ4n) is 4.36. The molecule has 1 aliphatic heterocycles. The van der Waals surface area contributed by atoms with Crippen molar-refractivity contribution in [2.24, 2.45) is 0 Å². The Balaban J connectivity index is 1.52. The van der Waals surface area contributed by atoms with E-state index >= 15 is 0 Å². The molecule has 0 bridgehead atoms. The van der Waals surface area contributed by atoms with Crippen molar-refractivity contribution in [2.75, 3.05) is 20.8 Å². The van der Waals surface area contributed by atoms with E-state index in [0.29, 0.717) is 17.7 Å². The lowest BCUT2D eigenvalue weighted by atomic mass is 10.0. The third kappa shape index (κ3) is 4.41. The molecule has 0 radical (unpaired) electrons. The van der Waals surface area contributed by atoms with E-state index in [4.69, 9.17) is 21.7 Å².